The molecule has 0 aliphatic carbocycles. The zero-order valence-electron chi connectivity index (χ0n) is 11.1. The van der Waals surface area contributed by atoms with E-state index in [1.165, 1.54) is 5.56 Å². The molecule has 20 heavy (non-hydrogen) atoms. The molecule has 0 radical (unpaired) electrons. The van der Waals surface area contributed by atoms with Gasteiger partial charge < -0.3 is 5.11 Å². The molecule has 1 N–H and O–H groups in total. The van der Waals surface area contributed by atoms with E-state index in [1.54, 1.807) is 4.68 Å². The largest absolute Gasteiger partial charge is 0.481 e. The maximum atomic E-state index is 10.6. The Balaban J connectivity index is 1.93. The SMILES string of the molecule is CC(CCc1ccccc1)n1nnnc1SCC(=O)O. The van der Waals surface area contributed by atoms with E-state index in [4.69, 9.17) is 5.11 Å². The van der Waals surface area contributed by atoms with Crippen molar-refractivity contribution >= 4 is 17.7 Å². The molecule has 2 aromatic rings. The lowest BCUT2D eigenvalue weighted by molar-refractivity contribution is -0.133. The molecule has 1 heterocycles. The molecule has 1 atom stereocenters. The van der Waals surface area contributed by atoms with Crippen LogP contribution in [0.25, 0.3) is 0 Å². The Bertz CT molecular complexity index is 559. The average Bonchev–Trinajstić information content (AvgIpc) is 2.92. The number of nitrogens with zero attached hydrogens (tertiary/aromatic N) is 4. The zero-order chi connectivity index (χ0) is 14.4. The molecule has 1 unspecified atom stereocenters. The second kappa shape index (κ2) is 7.04. The van der Waals surface area contributed by atoms with Crippen molar-refractivity contribution in [2.24, 2.45) is 0 Å². The fourth-order valence-corrected chi connectivity index (χ4v) is 2.52. The lowest BCUT2D eigenvalue weighted by atomic mass is 10.1. The van der Waals surface area contributed by atoms with Gasteiger partial charge in [-0.15, -0.1) is 5.10 Å². The highest BCUT2D eigenvalue weighted by molar-refractivity contribution is 7.99. The summed E-state index contributed by atoms with van der Waals surface area (Å²) >= 11 is 1.14. The van der Waals surface area contributed by atoms with E-state index in [2.05, 4.69) is 27.7 Å². The molecule has 0 amide bonds. The summed E-state index contributed by atoms with van der Waals surface area (Å²) in [6.07, 6.45) is 1.83. The fraction of sp³-hybridized carbons (Fsp3) is 0.385. The molecule has 0 spiro atoms. The highest BCUT2D eigenvalue weighted by Crippen LogP contribution is 2.20. The third-order valence-electron chi connectivity index (χ3n) is 2.90. The topological polar surface area (TPSA) is 80.9 Å². The second-order valence-electron chi connectivity index (χ2n) is 4.46. The molecule has 0 saturated carbocycles. The van der Waals surface area contributed by atoms with Crippen molar-refractivity contribution in [2.45, 2.75) is 31.0 Å². The van der Waals surface area contributed by atoms with Crippen LogP contribution >= 0.6 is 11.8 Å². The predicted molar refractivity (Wildman–Crippen MR) is 75.7 cm³/mol. The molecule has 0 aliphatic rings. The number of aromatic nitrogens is 4. The van der Waals surface area contributed by atoms with Gasteiger partial charge in [0.15, 0.2) is 0 Å². The number of rotatable bonds is 7. The van der Waals surface area contributed by atoms with Crippen molar-refractivity contribution in [3.8, 4) is 0 Å². The van der Waals surface area contributed by atoms with Crippen molar-refractivity contribution in [1.29, 1.82) is 0 Å². The van der Waals surface area contributed by atoms with Crippen LogP contribution in [-0.4, -0.2) is 37.0 Å². The number of hydrogen-bond acceptors (Lipinski definition) is 5. The summed E-state index contributed by atoms with van der Waals surface area (Å²) in [5.74, 6) is -0.910. The van der Waals surface area contributed by atoms with Crippen LogP contribution in [0.3, 0.4) is 0 Å². The van der Waals surface area contributed by atoms with Crippen LogP contribution in [0.15, 0.2) is 35.5 Å². The summed E-state index contributed by atoms with van der Waals surface area (Å²) in [6.45, 7) is 2.03. The summed E-state index contributed by atoms with van der Waals surface area (Å²) in [5.41, 5.74) is 1.27. The molecular weight excluding hydrogens is 276 g/mol. The van der Waals surface area contributed by atoms with Gasteiger partial charge >= 0.3 is 5.97 Å². The maximum Gasteiger partial charge on any atom is 0.313 e. The smallest absolute Gasteiger partial charge is 0.313 e. The zero-order valence-corrected chi connectivity index (χ0v) is 12.0. The summed E-state index contributed by atoms with van der Waals surface area (Å²) in [4.78, 5) is 10.6. The normalized spacial score (nSPS) is 12.2. The molecule has 1 aromatic heterocycles. The molecule has 0 saturated heterocycles. The van der Waals surface area contributed by atoms with Gasteiger partial charge in [-0.1, -0.05) is 42.1 Å². The van der Waals surface area contributed by atoms with E-state index in [-0.39, 0.29) is 11.8 Å². The number of aliphatic carboxylic acids is 1. The first-order valence-corrected chi connectivity index (χ1v) is 7.31. The number of hydrogen-bond donors (Lipinski definition) is 1. The molecule has 1 aromatic carbocycles. The molecular formula is C13H16N4O2S. The van der Waals surface area contributed by atoms with Crippen LogP contribution in [-0.2, 0) is 11.2 Å². The quantitative estimate of drug-likeness (QED) is 0.787. The van der Waals surface area contributed by atoms with Crippen LogP contribution < -0.4 is 0 Å². The number of thioether (sulfide) groups is 1. The minimum absolute atomic E-state index is 0.0359. The van der Waals surface area contributed by atoms with Crippen molar-refractivity contribution < 1.29 is 9.90 Å². The Kier molecular flexibility index (Phi) is 5.11. The fourth-order valence-electron chi connectivity index (χ4n) is 1.83. The van der Waals surface area contributed by atoms with Gasteiger partial charge in [0.25, 0.3) is 0 Å². The van der Waals surface area contributed by atoms with Gasteiger partial charge in [0.1, 0.15) is 0 Å². The van der Waals surface area contributed by atoms with Gasteiger partial charge in [-0.2, -0.15) is 0 Å². The van der Waals surface area contributed by atoms with Crippen molar-refractivity contribution in [1.82, 2.24) is 20.2 Å². The van der Waals surface area contributed by atoms with E-state index < -0.39 is 5.97 Å². The summed E-state index contributed by atoms with van der Waals surface area (Å²) in [7, 11) is 0. The molecule has 106 valence electrons. The van der Waals surface area contributed by atoms with Crippen LogP contribution in [0.5, 0.6) is 0 Å². The molecule has 0 fully saturated rings. The van der Waals surface area contributed by atoms with Gasteiger partial charge in [0, 0.05) is 0 Å². The Morgan fingerprint density at radius 2 is 2.15 bits per heavy atom. The minimum Gasteiger partial charge on any atom is -0.481 e. The van der Waals surface area contributed by atoms with Crippen molar-refractivity contribution in [3.63, 3.8) is 0 Å². The Morgan fingerprint density at radius 1 is 1.40 bits per heavy atom. The first-order valence-electron chi connectivity index (χ1n) is 6.33. The van der Waals surface area contributed by atoms with Gasteiger partial charge in [-0.25, -0.2) is 4.68 Å². The first kappa shape index (κ1) is 14.5. The van der Waals surface area contributed by atoms with Crippen LogP contribution in [0.4, 0.5) is 0 Å². The van der Waals surface area contributed by atoms with E-state index in [9.17, 15) is 4.79 Å². The van der Waals surface area contributed by atoms with Crippen LogP contribution in [0, 0.1) is 0 Å². The standard InChI is InChI=1S/C13H16N4O2S/c1-10(7-8-11-5-3-2-4-6-11)17-13(14-15-16-17)20-9-12(18)19/h2-6,10H,7-9H2,1H3,(H,18,19). The van der Waals surface area contributed by atoms with Gasteiger partial charge in [-0.05, 0) is 35.8 Å². The van der Waals surface area contributed by atoms with Crippen molar-refractivity contribution in [3.05, 3.63) is 35.9 Å². The van der Waals surface area contributed by atoms with E-state index in [0.717, 1.165) is 24.6 Å². The Morgan fingerprint density at radius 3 is 2.85 bits per heavy atom. The number of benzene rings is 1. The van der Waals surface area contributed by atoms with Gasteiger partial charge in [0.05, 0.1) is 11.8 Å². The summed E-state index contributed by atoms with van der Waals surface area (Å²) < 4.78 is 1.69. The van der Waals surface area contributed by atoms with Gasteiger partial charge in [-0.3, -0.25) is 4.79 Å². The summed E-state index contributed by atoms with van der Waals surface area (Å²) in [6, 6.07) is 10.3. The van der Waals surface area contributed by atoms with E-state index >= 15 is 0 Å². The lowest BCUT2D eigenvalue weighted by Gasteiger charge is -2.12. The average molecular weight is 292 g/mol. The van der Waals surface area contributed by atoms with E-state index in [1.807, 2.05) is 25.1 Å². The maximum absolute atomic E-state index is 10.6. The van der Waals surface area contributed by atoms with Crippen molar-refractivity contribution in [2.75, 3.05) is 5.75 Å². The highest BCUT2D eigenvalue weighted by Gasteiger charge is 2.14. The second-order valence-corrected chi connectivity index (χ2v) is 5.40. The highest BCUT2D eigenvalue weighted by atomic mass is 32.2. The number of carboxylic acid groups (broad SMARTS) is 1. The number of carbonyl (C=O) groups is 1. The monoisotopic (exact) mass is 292 g/mol. The molecule has 0 bridgehead atoms. The lowest BCUT2D eigenvalue weighted by Crippen LogP contribution is -2.11. The molecule has 0 aliphatic heterocycles. The third kappa shape index (κ3) is 4.06. The minimum atomic E-state index is -0.874. The predicted octanol–water partition coefficient (Wildman–Crippen LogP) is 2.04. The van der Waals surface area contributed by atoms with Crippen LogP contribution in [0.1, 0.15) is 24.9 Å². The third-order valence-corrected chi connectivity index (χ3v) is 3.82. The number of tetrazole rings is 1. The van der Waals surface area contributed by atoms with Gasteiger partial charge in [0.2, 0.25) is 5.16 Å². The molecule has 6 nitrogen and oxygen atoms in total. The van der Waals surface area contributed by atoms with E-state index in [0.29, 0.717) is 5.16 Å². The molecule has 7 heteroatoms. The van der Waals surface area contributed by atoms with Crippen LogP contribution in [0.2, 0.25) is 0 Å². The number of aryl methyl sites for hydroxylation is 1. The Hall–Kier alpha value is -1.89. The number of carboxylic acids is 1. The Labute approximate surface area is 121 Å². The first-order chi connectivity index (χ1) is 9.66. The summed E-state index contributed by atoms with van der Waals surface area (Å²) in [5, 5.41) is 20.7. The molecule has 2 rings (SSSR count).